The van der Waals surface area contributed by atoms with E-state index in [0.717, 1.165) is 38.7 Å². The average Bonchev–Trinajstić information content (AvgIpc) is 2.77. The van der Waals surface area contributed by atoms with Crippen molar-refractivity contribution in [3.63, 3.8) is 0 Å². The van der Waals surface area contributed by atoms with Crippen LogP contribution in [0.1, 0.15) is 5.56 Å². The largest absolute Gasteiger partial charge is 0.497 e. The van der Waals surface area contributed by atoms with Crippen molar-refractivity contribution in [3.05, 3.63) is 77.3 Å². The molecule has 1 aromatic heterocycles. The molecule has 0 saturated carbocycles. The van der Waals surface area contributed by atoms with Crippen molar-refractivity contribution >= 4 is 45.8 Å². The topological polar surface area (TPSA) is 56.3 Å². The van der Waals surface area contributed by atoms with Crippen molar-refractivity contribution in [1.29, 1.82) is 0 Å². The van der Waals surface area contributed by atoms with Gasteiger partial charge in [-0.25, -0.2) is 9.97 Å². The van der Waals surface area contributed by atoms with E-state index in [2.05, 4.69) is 5.32 Å². The molecule has 0 saturated heterocycles. The quantitative estimate of drug-likeness (QED) is 0.269. The molecular formula is C23H20ClN3O2S. The Morgan fingerprint density at radius 3 is 2.40 bits per heavy atom. The highest BCUT2D eigenvalue weighted by molar-refractivity contribution is 7.98. The third kappa shape index (κ3) is 4.78. The van der Waals surface area contributed by atoms with Gasteiger partial charge >= 0.3 is 0 Å². The van der Waals surface area contributed by atoms with Gasteiger partial charge < -0.3 is 14.8 Å². The number of aromatic nitrogens is 2. The zero-order chi connectivity index (χ0) is 20.9. The molecule has 7 heteroatoms. The Hall–Kier alpha value is -2.96. The van der Waals surface area contributed by atoms with Crippen molar-refractivity contribution in [3.8, 4) is 11.5 Å². The minimum atomic E-state index is 0.686. The first kappa shape index (κ1) is 20.3. The predicted octanol–water partition coefficient (Wildman–Crippen LogP) is 6.34. The number of hydrogen-bond donors (Lipinski definition) is 1. The van der Waals surface area contributed by atoms with Crippen LogP contribution in [0.25, 0.3) is 10.9 Å². The lowest BCUT2D eigenvalue weighted by Gasteiger charge is -2.13. The van der Waals surface area contributed by atoms with E-state index in [1.54, 1.807) is 26.0 Å². The van der Waals surface area contributed by atoms with Crippen LogP contribution in [0.5, 0.6) is 11.5 Å². The molecule has 1 heterocycles. The van der Waals surface area contributed by atoms with Crippen molar-refractivity contribution in [2.24, 2.45) is 0 Å². The van der Waals surface area contributed by atoms with Crippen LogP contribution >= 0.6 is 23.4 Å². The number of ether oxygens (including phenoxy) is 2. The van der Waals surface area contributed by atoms with Gasteiger partial charge in [-0.15, -0.1) is 0 Å². The molecule has 0 amide bonds. The molecule has 4 aromatic rings. The standard InChI is InChI=1S/C23H20ClN3O2S/c1-28-18-11-17(12-19(13-18)29-2)25-22-20-8-3-4-9-21(20)26-23(27-22)30-14-15-6-5-7-16(24)10-15/h3-13H,14H2,1-2H3,(H,25,26,27). The highest BCUT2D eigenvalue weighted by Crippen LogP contribution is 2.32. The van der Waals surface area contributed by atoms with Crippen LogP contribution < -0.4 is 14.8 Å². The van der Waals surface area contributed by atoms with Gasteiger partial charge in [0.1, 0.15) is 17.3 Å². The smallest absolute Gasteiger partial charge is 0.190 e. The lowest BCUT2D eigenvalue weighted by molar-refractivity contribution is 0.395. The highest BCUT2D eigenvalue weighted by Gasteiger charge is 2.10. The third-order valence-corrected chi connectivity index (χ3v) is 5.61. The predicted molar refractivity (Wildman–Crippen MR) is 123 cm³/mol. The van der Waals surface area contributed by atoms with Gasteiger partial charge in [-0.2, -0.15) is 0 Å². The summed E-state index contributed by atoms with van der Waals surface area (Å²) in [7, 11) is 3.26. The first-order valence-electron chi connectivity index (χ1n) is 9.29. The summed E-state index contributed by atoms with van der Waals surface area (Å²) >= 11 is 7.67. The summed E-state index contributed by atoms with van der Waals surface area (Å²) in [4.78, 5) is 9.48. The molecule has 0 aliphatic rings. The fourth-order valence-electron chi connectivity index (χ4n) is 3.01. The molecule has 3 aromatic carbocycles. The second-order valence-electron chi connectivity index (χ2n) is 6.52. The number of halogens is 1. The first-order valence-corrected chi connectivity index (χ1v) is 10.6. The van der Waals surface area contributed by atoms with Gasteiger partial charge in [0.25, 0.3) is 0 Å². The number of anilines is 2. The van der Waals surface area contributed by atoms with E-state index in [9.17, 15) is 0 Å². The summed E-state index contributed by atoms with van der Waals surface area (Å²) in [5.41, 5.74) is 2.82. The van der Waals surface area contributed by atoms with Gasteiger partial charge in [-0.1, -0.05) is 47.6 Å². The number of benzene rings is 3. The molecular weight excluding hydrogens is 418 g/mol. The molecule has 4 rings (SSSR count). The maximum atomic E-state index is 6.10. The number of hydrogen-bond acceptors (Lipinski definition) is 6. The van der Waals surface area contributed by atoms with E-state index in [1.165, 1.54) is 0 Å². The van der Waals surface area contributed by atoms with Gasteiger partial charge in [0, 0.05) is 40.0 Å². The van der Waals surface area contributed by atoms with E-state index in [4.69, 9.17) is 31.0 Å². The number of nitrogens with zero attached hydrogens (tertiary/aromatic N) is 2. The minimum absolute atomic E-state index is 0.686. The number of para-hydroxylation sites is 1. The molecule has 0 atom stereocenters. The number of methoxy groups -OCH3 is 2. The molecule has 0 aliphatic carbocycles. The summed E-state index contributed by atoms with van der Waals surface area (Å²) in [5, 5.41) is 5.75. The fraction of sp³-hybridized carbons (Fsp3) is 0.130. The molecule has 0 aliphatic heterocycles. The summed E-state index contributed by atoms with van der Waals surface area (Å²) in [5.74, 6) is 2.85. The monoisotopic (exact) mass is 437 g/mol. The van der Waals surface area contributed by atoms with Crippen LogP contribution in [0.15, 0.2) is 71.9 Å². The SMILES string of the molecule is COc1cc(Nc2nc(SCc3cccc(Cl)c3)nc3ccccc23)cc(OC)c1. The van der Waals surface area contributed by atoms with E-state index in [0.29, 0.717) is 16.7 Å². The molecule has 0 bridgehead atoms. The second-order valence-corrected chi connectivity index (χ2v) is 7.90. The van der Waals surface area contributed by atoms with Gasteiger partial charge in [0.2, 0.25) is 0 Å². The van der Waals surface area contributed by atoms with E-state index in [1.807, 2.05) is 66.7 Å². The van der Waals surface area contributed by atoms with Crippen LogP contribution in [0, 0.1) is 0 Å². The molecule has 0 fully saturated rings. The Bertz CT molecular complexity index is 1160. The maximum Gasteiger partial charge on any atom is 0.190 e. The van der Waals surface area contributed by atoms with Crippen molar-refractivity contribution in [2.45, 2.75) is 10.9 Å². The molecule has 5 nitrogen and oxygen atoms in total. The Labute approximate surface area is 184 Å². The van der Waals surface area contributed by atoms with Crippen LogP contribution in [-0.4, -0.2) is 24.2 Å². The molecule has 1 N–H and O–H groups in total. The minimum Gasteiger partial charge on any atom is -0.497 e. The first-order chi connectivity index (χ1) is 14.6. The number of fused-ring (bicyclic) bond motifs is 1. The Morgan fingerprint density at radius 2 is 1.67 bits per heavy atom. The maximum absolute atomic E-state index is 6.10. The molecule has 30 heavy (non-hydrogen) atoms. The molecule has 0 radical (unpaired) electrons. The summed E-state index contributed by atoms with van der Waals surface area (Å²) in [6.45, 7) is 0. The van der Waals surface area contributed by atoms with E-state index >= 15 is 0 Å². The van der Waals surface area contributed by atoms with Gasteiger partial charge in [0.05, 0.1) is 19.7 Å². The van der Waals surface area contributed by atoms with Crippen LogP contribution in [0.2, 0.25) is 5.02 Å². The Kier molecular flexibility index (Phi) is 6.26. The van der Waals surface area contributed by atoms with Gasteiger partial charge in [-0.05, 0) is 29.8 Å². The zero-order valence-electron chi connectivity index (χ0n) is 16.6. The van der Waals surface area contributed by atoms with Crippen LogP contribution in [0.3, 0.4) is 0 Å². The molecule has 0 unspecified atom stereocenters. The van der Waals surface area contributed by atoms with E-state index in [-0.39, 0.29) is 0 Å². The van der Waals surface area contributed by atoms with Crippen LogP contribution in [0.4, 0.5) is 11.5 Å². The lowest BCUT2D eigenvalue weighted by atomic mass is 10.2. The average molecular weight is 438 g/mol. The van der Waals surface area contributed by atoms with Crippen molar-refractivity contribution in [1.82, 2.24) is 9.97 Å². The normalized spacial score (nSPS) is 10.8. The summed E-state index contributed by atoms with van der Waals surface area (Å²) in [6, 6.07) is 21.4. The van der Waals surface area contributed by atoms with Gasteiger partial charge in [0.15, 0.2) is 5.16 Å². The van der Waals surface area contributed by atoms with E-state index < -0.39 is 0 Å². The second kappa shape index (κ2) is 9.24. The van der Waals surface area contributed by atoms with Crippen LogP contribution in [-0.2, 0) is 5.75 Å². The van der Waals surface area contributed by atoms with Crippen molar-refractivity contribution in [2.75, 3.05) is 19.5 Å². The van der Waals surface area contributed by atoms with Gasteiger partial charge in [-0.3, -0.25) is 0 Å². The lowest BCUT2D eigenvalue weighted by Crippen LogP contribution is -2.00. The van der Waals surface area contributed by atoms with Crippen molar-refractivity contribution < 1.29 is 9.47 Å². The third-order valence-electron chi connectivity index (χ3n) is 4.45. The number of thioether (sulfide) groups is 1. The summed E-state index contributed by atoms with van der Waals surface area (Å²) < 4.78 is 10.8. The highest BCUT2D eigenvalue weighted by atomic mass is 35.5. The Balaban J connectivity index is 1.67. The molecule has 0 spiro atoms. The fourth-order valence-corrected chi connectivity index (χ4v) is 4.01. The summed E-state index contributed by atoms with van der Waals surface area (Å²) in [6.07, 6.45) is 0. The number of rotatable bonds is 7. The Morgan fingerprint density at radius 1 is 0.900 bits per heavy atom. The molecule has 152 valence electrons. The zero-order valence-corrected chi connectivity index (χ0v) is 18.1. The number of nitrogens with one attached hydrogen (secondary N) is 1.